The number of nitrogens with zero attached hydrogens (tertiary/aromatic N) is 3. The SMILES string of the molecule is O=C(CSc1ccc(Cl)cn1)Nc1ccc(N2CCCCC2)nc1. The van der Waals surface area contributed by atoms with Crippen LogP contribution in [0.3, 0.4) is 0 Å². The molecule has 0 saturated carbocycles. The molecule has 5 nitrogen and oxygen atoms in total. The van der Waals surface area contributed by atoms with Crippen LogP contribution in [0.15, 0.2) is 41.7 Å². The monoisotopic (exact) mass is 362 g/mol. The summed E-state index contributed by atoms with van der Waals surface area (Å²) in [5.41, 5.74) is 0.713. The zero-order valence-electron chi connectivity index (χ0n) is 13.2. The van der Waals surface area contributed by atoms with Gasteiger partial charge in [0.2, 0.25) is 5.91 Å². The Hall–Kier alpha value is -1.79. The van der Waals surface area contributed by atoms with Crippen molar-refractivity contribution in [2.75, 3.05) is 29.1 Å². The number of aromatic nitrogens is 2. The van der Waals surface area contributed by atoms with Crippen LogP contribution >= 0.6 is 23.4 Å². The van der Waals surface area contributed by atoms with E-state index >= 15 is 0 Å². The van der Waals surface area contributed by atoms with Crippen molar-refractivity contribution in [2.24, 2.45) is 0 Å². The summed E-state index contributed by atoms with van der Waals surface area (Å²) in [7, 11) is 0. The number of anilines is 2. The van der Waals surface area contributed by atoms with Crippen LogP contribution in [0, 0.1) is 0 Å². The molecule has 1 amide bonds. The summed E-state index contributed by atoms with van der Waals surface area (Å²) in [5.74, 6) is 1.19. The van der Waals surface area contributed by atoms with Crippen LogP contribution < -0.4 is 10.2 Å². The topological polar surface area (TPSA) is 58.1 Å². The van der Waals surface area contributed by atoms with E-state index < -0.39 is 0 Å². The molecule has 1 aliphatic rings. The number of carbonyl (C=O) groups excluding carboxylic acids is 1. The van der Waals surface area contributed by atoms with Crippen LogP contribution in [0.1, 0.15) is 19.3 Å². The molecule has 0 spiro atoms. The van der Waals surface area contributed by atoms with Crippen LogP contribution in [-0.2, 0) is 4.79 Å². The van der Waals surface area contributed by atoms with Crippen molar-refractivity contribution in [3.8, 4) is 0 Å². The first-order chi connectivity index (χ1) is 11.7. The van der Waals surface area contributed by atoms with Crippen molar-refractivity contribution in [1.29, 1.82) is 0 Å². The number of piperidine rings is 1. The van der Waals surface area contributed by atoms with Gasteiger partial charge in [-0.1, -0.05) is 23.4 Å². The van der Waals surface area contributed by atoms with E-state index in [9.17, 15) is 4.79 Å². The minimum atomic E-state index is -0.0794. The zero-order valence-corrected chi connectivity index (χ0v) is 14.8. The lowest BCUT2D eigenvalue weighted by Gasteiger charge is -2.27. The van der Waals surface area contributed by atoms with E-state index in [1.54, 1.807) is 24.5 Å². The number of amides is 1. The van der Waals surface area contributed by atoms with Gasteiger partial charge in [-0.15, -0.1) is 0 Å². The van der Waals surface area contributed by atoms with Crippen LogP contribution in [0.5, 0.6) is 0 Å². The maximum Gasteiger partial charge on any atom is 0.234 e. The minimum absolute atomic E-state index is 0.0794. The lowest BCUT2D eigenvalue weighted by molar-refractivity contribution is -0.113. The summed E-state index contributed by atoms with van der Waals surface area (Å²) in [4.78, 5) is 22.9. The Bertz CT molecular complexity index is 672. The molecule has 3 heterocycles. The number of thioether (sulfide) groups is 1. The predicted octanol–water partition coefficient (Wildman–Crippen LogP) is 3.85. The fourth-order valence-corrected chi connectivity index (χ4v) is 3.31. The van der Waals surface area contributed by atoms with Crippen LogP contribution in [0.4, 0.5) is 11.5 Å². The highest BCUT2D eigenvalue weighted by Gasteiger charge is 2.12. The molecule has 0 bridgehead atoms. The Morgan fingerprint density at radius 1 is 1.12 bits per heavy atom. The molecule has 2 aromatic heterocycles. The van der Waals surface area contributed by atoms with E-state index in [-0.39, 0.29) is 5.91 Å². The highest BCUT2D eigenvalue weighted by molar-refractivity contribution is 7.99. The number of pyridine rings is 2. The van der Waals surface area contributed by atoms with Gasteiger partial charge in [0, 0.05) is 19.3 Å². The maximum atomic E-state index is 12.0. The number of hydrogen-bond acceptors (Lipinski definition) is 5. The molecule has 0 unspecified atom stereocenters. The molecule has 2 aromatic rings. The van der Waals surface area contributed by atoms with Crippen molar-refractivity contribution in [1.82, 2.24) is 9.97 Å². The Morgan fingerprint density at radius 2 is 1.96 bits per heavy atom. The van der Waals surface area contributed by atoms with Gasteiger partial charge in [-0.05, 0) is 43.5 Å². The molecule has 1 saturated heterocycles. The molecule has 0 atom stereocenters. The number of rotatable bonds is 5. The fourth-order valence-electron chi connectivity index (χ4n) is 2.55. The zero-order chi connectivity index (χ0) is 16.8. The summed E-state index contributed by atoms with van der Waals surface area (Å²) >= 11 is 7.16. The minimum Gasteiger partial charge on any atom is -0.357 e. The standard InChI is InChI=1S/C17H19ClN4OS/c18-13-4-7-17(20-10-13)24-12-16(23)21-14-5-6-15(19-11-14)22-8-2-1-3-9-22/h4-7,10-11H,1-3,8-9,12H2,(H,21,23). The van der Waals surface area contributed by atoms with E-state index in [0.717, 1.165) is 23.9 Å². The predicted molar refractivity (Wildman–Crippen MR) is 98.9 cm³/mol. The highest BCUT2D eigenvalue weighted by atomic mass is 35.5. The third-order valence-electron chi connectivity index (χ3n) is 3.76. The second-order valence-corrected chi connectivity index (χ2v) is 7.04. The summed E-state index contributed by atoms with van der Waals surface area (Å²) in [6, 6.07) is 7.43. The van der Waals surface area contributed by atoms with Gasteiger partial charge in [-0.3, -0.25) is 4.79 Å². The van der Waals surface area contributed by atoms with Gasteiger partial charge < -0.3 is 10.2 Å². The van der Waals surface area contributed by atoms with Crippen LogP contribution in [0.2, 0.25) is 5.02 Å². The molecular formula is C17H19ClN4OS. The van der Waals surface area contributed by atoms with E-state index in [1.807, 2.05) is 12.1 Å². The second kappa shape index (κ2) is 8.35. The Kier molecular flexibility index (Phi) is 5.93. The Morgan fingerprint density at radius 3 is 2.62 bits per heavy atom. The van der Waals surface area contributed by atoms with Gasteiger partial charge in [0.15, 0.2) is 0 Å². The molecule has 0 radical (unpaired) electrons. The largest absolute Gasteiger partial charge is 0.357 e. The Labute approximate surface area is 150 Å². The molecule has 3 rings (SSSR count). The lowest BCUT2D eigenvalue weighted by atomic mass is 10.1. The fraction of sp³-hybridized carbons (Fsp3) is 0.353. The normalized spacial score (nSPS) is 14.5. The smallest absolute Gasteiger partial charge is 0.234 e. The van der Waals surface area contributed by atoms with Crippen LogP contribution in [-0.4, -0.2) is 34.7 Å². The molecule has 24 heavy (non-hydrogen) atoms. The van der Waals surface area contributed by atoms with Crippen molar-refractivity contribution < 1.29 is 4.79 Å². The molecule has 1 fully saturated rings. The molecule has 0 aliphatic carbocycles. The lowest BCUT2D eigenvalue weighted by Crippen LogP contribution is -2.30. The van der Waals surface area contributed by atoms with Crippen molar-refractivity contribution in [3.63, 3.8) is 0 Å². The van der Waals surface area contributed by atoms with Gasteiger partial charge in [0.25, 0.3) is 0 Å². The quantitative estimate of drug-likeness (QED) is 0.818. The van der Waals surface area contributed by atoms with Crippen LogP contribution in [0.25, 0.3) is 0 Å². The molecule has 1 aliphatic heterocycles. The summed E-state index contributed by atoms with van der Waals surface area (Å²) < 4.78 is 0. The molecule has 7 heteroatoms. The van der Waals surface area contributed by atoms with Gasteiger partial charge in [-0.2, -0.15) is 0 Å². The molecule has 126 valence electrons. The third kappa shape index (κ3) is 4.85. The number of halogens is 1. The molecule has 1 N–H and O–H groups in total. The van der Waals surface area contributed by atoms with Crippen molar-refractivity contribution in [3.05, 3.63) is 41.7 Å². The van der Waals surface area contributed by atoms with Gasteiger partial charge >= 0.3 is 0 Å². The van der Waals surface area contributed by atoms with E-state index in [4.69, 9.17) is 11.6 Å². The summed E-state index contributed by atoms with van der Waals surface area (Å²) in [6.45, 7) is 2.12. The van der Waals surface area contributed by atoms with Gasteiger partial charge in [-0.25, -0.2) is 9.97 Å². The summed E-state index contributed by atoms with van der Waals surface area (Å²) in [6.07, 6.45) is 7.02. The van der Waals surface area contributed by atoms with Crippen molar-refractivity contribution >= 4 is 40.8 Å². The second-order valence-electron chi connectivity index (χ2n) is 5.60. The first kappa shape index (κ1) is 17.0. The maximum absolute atomic E-state index is 12.0. The van der Waals surface area contributed by atoms with Gasteiger partial charge in [0.05, 0.1) is 27.7 Å². The average molecular weight is 363 g/mol. The van der Waals surface area contributed by atoms with E-state index in [0.29, 0.717) is 16.5 Å². The average Bonchev–Trinajstić information content (AvgIpc) is 2.63. The number of nitrogens with one attached hydrogen (secondary N) is 1. The Balaban J connectivity index is 1.49. The highest BCUT2D eigenvalue weighted by Crippen LogP contribution is 2.20. The van der Waals surface area contributed by atoms with E-state index in [2.05, 4.69) is 20.2 Å². The number of hydrogen-bond donors (Lipinski definition) is 1. The first-order valence-corrected chi connectivity index (χ1v) is 9.32. The molecule has 0 aromatic carbocycles. The molecular weight excluding hydrogens is 344 g/mol. The van der Waals surface area contributed by atoms with Crippen molar-refractivity contribution in [2.45, 2.75) is 24.3 Å². The van der Waals surface area contributed by atoms with E-state index in [1.165, 1.54) is 31.0 Å². The van der Waals surface area contributed by atoms with Gasteiger partial charge in [0.1, 0.15) is 5.82 Å². The third-order valence-corrected chi connectivity index (χ3v) is 4.93. The summed E-state index contributed by atoms with van der Waals surface area (Å²) in [5, 5.41) is 4.22. The first-order valence-electron chi connectivity index (χ1n) is 7.96. The number of carbonyl (C=O) groups is 1.